The van der Waals surface area contributed by atoms with Gasteiger partial charge in [-0.3, -0.25) is 9.59 Å². The number of anilines is 1. The summed E-state index contributed by atoms with van der Waals surface area (Å²) in [6.45, 7) is 4.58. The third kappa shape index (κ3) is 4.25. The summed E-state index contributed by atoms with van der Waals surface area (Å²) in [5, 5.41) is 16.3. The summed E-state index contributed by atoms with van der Waals surface area (Å²) in [4.78, 5) is 28.7. The second-order valence-corrected chi connectivity index (χ2v) is 10.2. The predicted octanol–water partition coefficient (Wildman–Crippen LogP) is 2.71. The van der Waals surface area contributed by atoms with Gasteiger partial charge in [0.15, 0.2) is 0 Å². The van der Waals surface area contributed by atoms with E-state index in [0.29, 0.717) is 12.5 Å². The normalized spacial score (nSPS) is 29.6. The molecule has 1 saturated heterocycles. The maximum Gasteiger partial charge on any atom is 0.228 e. The number of aliphatic hydroxyl groups excluding tert-OH is 1. The zero-order chi connectivity index (χ0) is 22.9. The van der Waals surface area contributed by atoms with Crippen LogP contribution in [0.5, 0.6) is 0 Å². The molecule has 7 heteroatoms. The number of para-hydroxylation sites is 1. The first-order valence-electron chi connectivity index (χ1n) is 11.9. The van der Waals surface area contributed by atoms with Gasteiger partial charge in [0.1, 0.15) is 0 Å². The molecule has 1 aromatic rings. The van der Waals surface area contributed by atoms with E-state index >= 15 is 0 Å². The van der Waals surface area contributed by atoms with E-state index in [-0.39, 0.29) is 42.5 Å². The average molecular weight is 444 g/mol. The highest BCUT2D eigenvalue weighted by Gasteiger charge is 2.48. The van der Waals surface area contributed by atoms with Crippen LogP contribution in [0.15, 0.2) is 24.3 Å². The average Bonchev–Trinajstić information content (AvgIpc) is 3.25. The molecule has 0 radical (unpaired) electrons. The first-order chi connectivity index (χ1) is 15.4. The van der Waals surface area contributed by atoms with Crippen molar-refractivity contribution in [3.63, 3.8) is 0 Å². The van der Waals surface area contributed by atoms with Crippen molar-refractivity contribution >= 4 is 17.5 Å². The number of hydrogen-bond donors (Lipinski definition) is 3. The second-order valence-electron chi connectivity index (χ2n) is 10.2. The Balaban J connectivity index is 1.57. The van der Waals surface area contributed by atoms with E-state index in [0.717, 1.165) is 44.3 Å². The van der Waals surface area contributed by atoms with Crippen LogP contribution in [0.4, 0.5) is 5.69 Å². The first kappa shape index (κ1) is 23.1. The molecule has 0 unspecified atom stereocenters. The molecule has 4 rings (SSSR count). The number of nitrogens with zero attached hydrogens (tertiary/aromatic N) is 1. The Labute approximate surface area is 190 Å². The Bertz CT molecular complexity index is 842. The van der Waals surface area contributed by atoms with Crippen LogP contribution in [0.1, 0.15) is 57.6 Å². The van der Waals surface area contributed by atoms with Gasteiger partial charge in [-0.15, -0.1) is 0 Å². The Morgan fingerprint density at radius 2 is 1.97 bits per heavy atom. The zero-order valence-electron chi connectivity index (χ0n) is 19.5. The van der Waals surface area contributed by atoms with Crippen molar-refractivity contribution in [2.45, 2.75) is 64.1 Å². The highest BCUT2D eigenvalue weighted by molar-refractivity contribution is 5.85. The number of rotatable bonds is 6. The molecule has 176 valence electrons. The third-order valence-corrected chi connectivity index (χ3v) is 7.62. The molecule has 1 aromatic carbocycles. The number of methoxy groups -OCH3 is 1. The van der Waals surface area contributed by atoms with Gasteiger partial charge in [0.25, 0.3) is 0 Å². The lowest BCUT2D eigenvalue weighted by molar-refractivity contribution is -0.140. The fourth-order valence-electron chi connectivity index (χ4n) is 5.67. The van der Waals surface area contributed by atoms with Crippen molar-refractivity contribution in [2.75, 3.05) is 32.2 Å². The SMILES string of the molecule is COC[C@@H]1Nc2ccccc2[C@H]2[C@@H]1CCN2C(=O)[C@H]1CCCC[C@H]1NC(=O)C(C)(C)CO. The van der Waals surface area contributed by atoms with E-state index in [4.69, 9.17) is 4.74 Å². The molecule has 0 spiro atoms. The number of likely N-dealkylation sites (tertiary alicyclic amines) is 1. The smallest absolute Gasteiger partial charge is 0.228 e. The topological polar surface area (TPSA) is 90.9 Å². The maximum absolute atomic E-state index is 13.9. The lowest BCUT2D eigenvalue weighted by Crippen LogP contribution is -2.53. The van der Waals surface area contributed by atoms with Gasteiger partial charge in [-0.25, -0.2) is 0 Å². The highest BCUT2D eigenvalue weighted by atomic mass is 16.5. The van der Waals surface area contributed by atoms with Gasteiger partial charge in [-0.2, -0.15) is 0 Å². The van der Waals surface area contributed by atoms with Crippen LogP contribution < -0.4 is 10.6 Å². The second kappa shape index (κ2) is 9.40. The van der Waals surface area contributed by atoms with Crippen molar-refractivity contribution < 1.29 is 19.4 Å². The van der Waals surface area contributed by atoms with Crippen LogP contribution in [0.3, 0.4) is 0 Å². The van der Waals surface area contributed by atoms with E-state index in [9.17, 15) is 14.7 Å². The van der Waals surface area contributed by atoms with E-state index in [1.165, 1.54) is 5.56 Å². The predicted molar refractivity (Wildman–Crippen MR) is 123 cm³/mol. The summed E-state index contributed by atoms with van der Waals surface area (Å²) in [6.07, 6.45) is 4.53. The van der Waals surface area contributed by atoms with Crippen LogP contribution in [0.25, 0.3) is 0 Å². The molecule has 32 heavy (non-hydrogen) atoms. The number of benzene rings is 1. The largest absolute Gasteiger partial charge is 0.395 e. The minimum Gasteiger partial charge on any atom is -0.395 e. The summed E-state index contributed by atoms with van der Waals surface area (Å²) in [5.74, 6) is 0.0520. The Morgan fingerprint density at radius 3 is 2.72 bits per heavy atom. The lowest BCUT2D eigenvalue weighted by Gasteiger charge is -2.42. The third-order valence-electron chi connectivity index (χ3n) is 7.62. The van der Waals surface area contributed by atoms with Crippen LogP contribution >= 0.6 is 0 Å². The molecule has 1 aliphatic carbocycles. The minimum absolute atomic E-state index is 0.0345. The fourth-order valence-corrected chi connectivity index (χ4v) is 5.67. The molecule has 2 amide bonds. The van der Waals surface area contributed by atoms with Gasteiger partial charge >= 0.3 is 0 Å². The summed E-state index contributed by atoms with van der Waals surface area (Å²) >= 11 is 0. The quantitative estimate of drug-likeness (QED) is 0.629. The van der Waals surface area contributed by atoms with Crippen molar-refractivity contribution in [1.82, 2.24) is 10.2 Å². The molecule has 1 saturated carbocycles. The molecule has 2 fully saturated rings. The molecule has 2 aliphatic heterocycles. The number of hydrogen-bond acceptors (Lipinski definition) is 5. The molecule has 0 aromatic heterocycles. The van der Waals surface area contributed by atoms with Gasteiger partial charge in [-0.1, -0.05) is 31.0 Å². The molecule has 7 nitrogen and oxygen atoms in total. The van der Waals surface area contributed by atoms with Crippen LogP contribution in [-0.4, -0.2) is 60.8 Å². The molecule has 0 bridgehead atoms. The summed E-state index contributed by atoms with van der Waals surface area (Å²) < 4.78 is 5.49. The lowest BCUT2D eigenvalue weighted by atomic mass is 9.80. The molecular weight excluding hydrogens is 406 g/mol. The van der Waals surface area contributed by atoms with Gasteiger partial charge in [0.2, 0.25) is 11.8 Å². The number of nitrogens with one attached hydrogen (secondary N) is 2. The van der Waals surface area contributed by atoms with Crippen LogP contribution in [-0.2, 0) is 14.3 Å². The molecule has 3 N–H and O–H groups in total. The van der Waals surface area contributed by atoms with Crippen LogP contribution in [0, 0.1) is 17.3 Å². The van der Waals surface area contributed by atoms with Crippen molar-refractivity contribution in [2.24, 2.45) is 17.3 Å². The standard InChI is InChI=1S/C25H37N3O4/c1-25(2,15-29)24(31)27-20-11-7-5-9-18(20)23(30)28-13-12-17-21(14-32-3)26-19-10-6-4-8-16(19)22(17)28/h4,6,8,10,17-18,20-22,26,29H,5,7,9,11-15H2,1-3H3,(H,27,31)/t17-,18+,20-,21+,22+/m1/s1. The molecular formula is C25H37N3O4. The summed E-state index contributed by atoms with van der Waals surface area (Å²) in [7, 11) is 1.72. The fraction of sp³-hybridized carbons (Fsp3) is 0.680. The summed E-state index contributed by atoms with van der Waals surface area (Å²) in [5.41, 5.74) is 1.40. The summed E-state index contributed by atoms with van der Waals surface area (Å²) in [6, 6.07) is 8.29. The van der Waals surface area contributed by atoms with E-state index in [2.05, 4.69) is 27.7 Å². The van der Waals surface area contributed by atoms with E-state index in [1.807, 2.05) is 12.1 Å². The Morgan fingerprint density at radius 1 is 1.22 bits per heavy atom. The maximum atomic E-state index is 13.9. The number of amides is 2. The molecule has 2 heterocycles. The van der Waals surface area contributed by atoms with Gasteiger partial charge in [0.05, 0.1) is 36.6 Å². The minimum atomic E-state index is -0.856. The van der Waals surface area contributed by atoms with Crippen molar-refractivity contribution in [3.05, 3.63) is 29.8 Å². The van der Waals surface area contributed by atoms with Gasteiger partial charge in [-0.05, 0) is 44.7 Å². The van der Waals surface area contributed by atoms with Gasteiger partial charge in [0, 0.05) is 31.3 Å². The van der Waals surface area contributed by atoms with Gasteiger partial charge < -0.3 is 25.4 Å². The molecule has 5 atom stereocenters. The van der Waals surface area contributed by atoms with Crippen LogP contribution in [0.2, 0.25) is 0 Å². The Kier molecular flexibility index (Phi) is 6.77. The number of fused-ring (bicyclic) bond motifs is 3. The first-order valence-corrected chi connectivity index (χ1v) is 11.9. The monoisotopic (exact) mass is 443 g/mol. The number of carbonyl (C=O) groups excluding carboxylic acids is 2. The number of carbonyl (C=O) groups is 2. The Hall–Kier alpha value is -2.12. The number of ether oxygens (including phenoxy) is 1. The molecule has 3 aliphatic rings. The van der Waals surface area contributed by atoms with E-state index < -0.39 is 5.41 Å². The zero-order valence-corrected chi connectivity index (χ0v) is 19.5. The van der Waals surface area contributed by atoms with E-state index in [1.54, 1.807) is 21.0 Å². The number of aliphatic hydroxyl groups is 1. The van der Waals surface area contributed by atoms with Crippen molar-refractivity contribution in [3.8, 4) is 0 Å². The van der Waals surface area contributed by atoms with Crippen molar-refractivity contribution in [1.29, 1.82) is 0 Å². The highest BCUT2D eigenvalue weighted by Crippen LogP contribution is 2.47.